The van der Waals surface area contributed by atoms with Crippen LogP contribution < -0.4 is 0 Å². The van der Waals surface area contributed by atoms with Gasteiger partial charge in [-0.05, 0) is 65.1 Å². The van der Waals surface area contributed by atoms with E-state index in [9.17, 15) is 4.39 Å². The second-order valence-corrected chi connectivity index (χ2v) is 4.22. The van der Waals surface area contributed by atoms with Gasteiger partial charge in [-0.2, -0.15) is 0 Å². The van der Waals surface area contributed by atoms with E-state index in [1.165, 1.54) is 18.4 Å². The van der Waals surface area contributed by atoms with Crippen LogP contribution in [0.25, 0.3) is 0 Å². The Morgan fingerprint density at radius 1 is 1.27 bits per heavy atom. The summed E-state index contributed by atoms with van der Waals surface area (Å²) in [7, 11) is 0. The van der Waals surface area contributed by atoms with Gasteiger partial charge in [-0.15, -0.1) is 0 Å². The van der Waals surface area contributed by atoms with Gasteiger partial charge in [-0.25, -0.2) is 4.39 Å². The van der Waals surface area contributed by atoms with Gasteiger partial charge in [-0.3, -0.25) is 0 Å². The van der Waals surface area contributed by atoms with Gasteiger partial charge in [0.05, 0.1) is 0 Å². The molecule has 0 aromatic heterocycles. The Labute approximate surface area is 78.9 Å². The molecule has 1 fully saturated rings. The molecule has 0 spiro atoms. The zero-order valence-electron chi connectivity index (χ0n) is 5.98. The third kappa shape index (κ3) is 1.72. The Bertz CT molecular complexity index is 259. The zero-order valence-corrected chi connectivity index (χ0v) is 8.14. The van der Waals surface area contributed by atoms with E-state index in [-0.39, 0.29) is 5.82 Å². The van der Waals surface area contributed by atoms with E-state index in [4.69, 9.17) is 0 Å². The van der Waals surface area contributed by atoms with Gasteiger partial charge in [0.1, 0.15) is 5.82 Å². The molecule has 0 atom stereocenters. The van der Waals surface area contributed by atoms with Crippen LogP contribution in [0.2, 0.25) is 0 Å². The van der Waals surface area contributed by atoms with E-state index in [2.05, 4.69) is 28.7 Å². The van der Waals surface area contributed by atoms with Gasteiger partial charge in [0.2, 0.25) is 0 Å². The third-order valence-electron chi connectivity index (χ3n) is 1.93. The first-order valence-electron chi connectivity index (χ1n) is 3.72. The Balaban J connectivity index is 2.39. The standard InChI is InChI=1S/C9H8FI/c10-8-3-7(6-1-2-6)4-9(11)5-8/h3-6H,1-2H2. The van der Waals surface area contributed by atoms with Crippen LogP contribution in [0.3, 0.4) is 0 Å². The fourth-order valence-electron chi connectivity index (χ4n) is 1.23. The Kier molecular flexibility index (Phi) is 1.87. The summed E-state index contributed by atoms with van der Waals surface area (Å²) < 4.78 is 13.8. The molecule has 2 rings (SSSR count). The van der Waals surface area contributed by atoms with Crippen LogP contribution in [0.1, 0.15) is 24.3 Å². The molecule has 0 amide bonds. The summed E-state index contributed by atoms with van der Waals surface area (Å²) in [6, 6.07) is 5.29. The normalized spacial score (nSPS) is 16.9. The van der Waals surface area contributed by atoms with Gasteiger partial charge < -0.3 is 0 Å². The Morgan fingerprint density at radius 2 is 2.00 bits per heavy atom. The van der Waals surface area contributed by atoms with E-state index >= 15 is 0 Å². The minimum absolute atomic E-state index is 0.0983. The van der Waals surface area contributed by atoms with Gasteiger partial charge in [0, 0.05) is 3.57 Å². The van der Waals surface area contributed by atoms with Crippen LogP contribution in [0.15, 0.2) is 18.2 Å². The van der Waals surface area contributed by atoms with Crippen molar-refractivity contribution in [1.82, 2.24) is 0 Å². The summed E-state index contributed by atoms with van der Waals surface area (Å²) in [4.78, 5) is 0. The molecule has 0 unspecified atom stereocenters. The molecule has 0 heterocycles. The second kappa shape index (κ2) is 2.73. The van der Waals surface area contributed by atoms with Crippen molar-refractivity contribution < 1.29 is 4.39 Å². The maximum atomic E-state index is 12.8. The van der Waals surface area contributed by atoms with Crippen molar-refractivity contribution in [2.75, 3.05) is 0 Å². The molecule has 2 heteroatoms. The van der Waals surface area contributed by atoms with Crippen LogP contribution in [-0.4, -0.2) is 0 Å². The van der Waals surface area contributed by atoms with Crippen molar-refractivity contribution in [3.05, 3.63) is 33.1 Å². The molecule has 1 aromatic rings. The number of hydrogen-bond acceptors (Lipinski definition) is 0. The summed E-state index contributed by atoms with van der Waals surface area (Å²) in [5.41, 5.74) is 1.18. The lowest BCUT2D eigenvalue weighted by atomic mass is 10.1. The number of halogens is 2. The van der Waals surface area contributed by atoms with Crippen LogP contribution in [0, 0.1) is 9.39 Å². The van der Waals surface area contributed by atoms with E-state index < -0.39 is 0 Å². The molecule has 0 N–H and O–H groups in total. The average Bonchev–Trinajstić information content (AvgIpc) is 2.64. The third-order valence-corrected chi connectivity index (χ3v) is 2.56. The molecule has 0 saturated heterocycles. The summed E-state index contributed by atoms with van der Waals surface area (Å²) in [5, 5.41) is 0. The number of rotatable bonds is 1. The van der Waals surface area contributed by atoms with Crippen molar-refractivity contribution in [2.45, 2.75) is 18.8 Å². The molecule has 1 saturated carbocycles. The lowest BCUT2D eigenvalue weighted by Crippen LogP contribution is -1.83. The minimum Gasteiger partial charge on any atom is -0.207 e. The highest BCUT2D eigenvalue weighted by atomic mass is 127. The summed E-state index contributed by atoms with van der Waals surface area (Å²) in [6.45, 7) is 0. The van der Waals surface area contributed by atoms with Crippen molar-refractivity contribution in [1.29, 1.82) is 0 Å². The number of benzene rings is 1. The molecule has 1 aromatic carbocycles. The van der Waals surface area contributed by atoms with Gasteiger partial charge in [0.25, 0.3) is 0 Å². The van der Waals surface area contributed by atoms with Crippen molar-refractivity contribution in [2.24, 2.45) is 0 Å². The first-order chi connectivity index (χ1) is 5.25. The van der Waals surface area contributed by atoms with E-state index in [1.54, 1.807) is 12.1 Å². The van der Waals surface area contributed by atoms with Crippen LogP contribution in [0.5, 0.6) is 0 Å². The maximum Gasteiger partial charge on any atom is 0.124 e. The maximum absolute atomic E-state index is 12.8. The molecule has 11 heavy (non-hydrogen) atoms. The first-order valence-corrected chi connectivity index (χ1v) is 4.79. The van der Waals surface area contributed by atoms with E-state index in [0.29, 0.717) is 5.92 Å². The number of hydrogen-bond donors (Lipinski definition) is 0. The van der Waals surface area contributed by atoms with Crippen LogP contribution >= 0.6 is 22.6 Å². The molecule has 0 nitrogen and oxygen atoms in total. The largest absolute Gasteiger partial charge is 0.207 e. The Hall–Kier alpha value is -0.120. The highest BCUT2D eigenvalue weighted by Crippen LogP contribution is 2.40. The zero-order chi connectivity index (χ0) is 7.84. The average molecular weight is 262 g/mol. The van der Waals surface area contributed by atoms with Crippen LogP contribution in [0.4, 0.5) is 4.39 Å². The predicted octanol–water partition coefficient (Wildman–Crippen LogP) is 3.31. The monoisotopic (exact) mass is 262 g/mol. The molecular formula is C9H8FI. The van der Waals surface area contributed by atoms with Crippen molar-refractivity contribution in [3.63, 3.8) is 0 Å². The Morgan fingerprint density at radius 3 is 2.55 bits per heavy atom. The van der Waals surface area contributed by atoms with Gasteiger partial charge >= 0.3 is 0 Å². The lowest BCUT2D eigenvalue weighted by Gasteiger charge is -1.98. The fraction of sp³-hybridized carbons (Fsp3) is 0.333. The quantitative estimate of drug-likeness (QED) is 0.681. The highest BCUT2D eigenvalue weighted by Gasteiger charge is 2.23. The first kappa shape index (κ1) is 7.53. The molecule has 0 radical (unpaired) electrons. The molecule has 0 aliphatic heterocycles. The van der Waals surface area contributed by atoms with Gasteiger partial charge in [-0.1, -0.05) is 0 Å². The van der Waals surface area contributed by atoms with E-state index in [0.717, 1.165) is 3.57 Å². The summed E-state index contributed by atoms with van der Waals surface area (Å²) in [6.07, 6.45) is 2.47. The summed E-state index contributed by atoms with van der Waals surface area (Å²) >= 11 is 2.15. The smallest absolute Gasteiger partial charge is 0.124 e. The predicted molar refractivity (Wildman–Crippen MR) is 51.1 cm³/mol. The molecular weight excluding hydrogens is 254 g/mol. The van der Waals surface area contributed by atoms with Gasteiger partial charge in [0.15, 0.2) is 0 Å². The lowest BCUT2D eigenvalue weighted by molar-refractivity contribution is 0.624. The fourth-order valence-corrected chi connectivity index (χ4v) is 1.88. The molecule has 0 bridgehead atoms. The topological polar surface area (TPSA) is 0 Å². The second-order valence-electron chi connectivity index (χ2n) is 2.98. The molecule has 58 valence electrons. The molecule has 1 aliphatic rings. The van der Waals surface area contributed by atoms with Crippen molar-refractivity contribution >= 4 is 22.6 Å². The van der Waals surface area contributed by atoms with E-state index in [1.807, 2.05) is 0 Å². The highest BCUT2D eigenvalue weighted by molar-refractivity contribution is 14.1. The SMILES string of the molecule is Fc1cc(I)cc(C2CC2)c1. The van der Waals surface area contributed by atoms with Crippen LogP contribution in [-0.2, 0) is 0 Å². The minimum atomic E-state index is -0.0983. The molecule has 1 aliphatic carbocycles. The van der Waals surface area contributed by atoms with Crippen molar-refractivity contribution in [3.8, 4) is 0 Å². The summed E-state index contributed by atoms with van der Waals surface area (Å²) in [5.74, 6) is 0.554.